The summed E-state index contributed by atoms with van der Waals surface area (Å²) >= 11 is 0. The van der Waals surface area contributed by atoms with Crippen molar-refractivity contribution in [2.24, 2.45) is 7.05 Å². The fourth-order valence-corrected chi connectivity index (χ4v) is 9.41. The highest BCUT2D eigenvalue weighted by Gasteiger charge is 2.32. The van der Waals surface area contributed by atoms with E-state index in [9.17, 15) is 14.4 Å². The van der Waals surface area contributed by atoms with Gasteiger partial charge in [-0.25, -0.2) is 0 Å². The second-order valence-corrected chi connectivity index (χ2v) is 17.2. The van der Waals surface area contributed by atoms with E-state index < -0.39 is 5.92 Å². The summed E-state index contributed by atoms with van der Waals surface area (Å²) in [6.07, 6.45) is 4.31. The van der Waals surface area contributed by atoms with E-state index in [0.717, 1.165) is 104 Å². The summed E-state index contributed by atoms with van der Waals surface area (Å²) in [5.74, 6) is -0.108. The number of nitrogens with one attached hydrogen (secondary N) is 3. The topological polar surface area (TPSA) is 144 Å². The van der Waals surface area contributed by atoms with Crippen molar-refractivity contribution in [1.82, 2.24) is 40.0 Å². The highest BCUT2D eigenvalue weighted by molar-refractivity contribution is 6.04. The van der Waals surface area contributed by atoms with Crippen LogP contribution in [0.15, 0.2) is 54.6 Å². The largest absolute Gasteiger partial charge is 0.374 e. The van der Waals surface area contributed by atoms with Gasteiger partial charge >= 0.3 is 0 Å². The Bertz CT molecular complexity index is 2400. The Labute approximate surface area is 359 Å². The lowest BCUT2D eigenvalue weighted by atomic mass is 9.92. The number of piperazine rings is 2. The molecule has 3 N–H and O–H groups in total. The van der Waals surface area contributed by atoms with Gasteiger partial charge in [0.2, 0.25) is 17.7 Å². The molecule has 3 aliphatic rings. The number of aromatic nitrogens is 4. The lowest BCUT2D eigenvalue weighted by molar-refractivity contribution is -0.134. The predicted molar refractivity (Wildman–Crippen MR) is 242 cm³/mol. The first-order valence-corrected chi connectivity index (χ1v) is 22.1. The van der Waals surface area contributed by atoms with E-state index in [-0.39, 0.29) is 30.3 Å². The predicted octanol–water partition coefficient (Wildman–Crippen LogP) is 5.68. The summed E-state index contributed by atoms with van der Waals surface area (Å²) in [6, 6.07) is 19.1. The Morgan fingerprint density at radius 1 is 0.836 bits per heavy atom. The fraction of sp³-hybridized carbons (Fsp3) is 0.489. The van der Waals surface area contributed by atoms with Gasteiger partial charge in [0, 0.05) is 87.7 Å². The van der Waals surface area contributed by atoms with E-state index in [4.69, 9.17) is 0 Å². The van der Waals surface area contributed by atoms with E-state index in [2.05, 4.69) is 103 Å². The van der Waals surface area contributed by atoms with Crippen molar-refractivity contribution in [2.75, 3.05) is 87.5 Å². The number of amides is 3. The molecule has 322 valence electrons. The number of benzene rings is 3. The van der Waals surface area contributed by atoms with E-state index in [1.807, 2.05) is 37.1 Å². The molecule has 3 saturated heterocycles. The third kappa shape index (κ3) is 9.35. The van der Waals surface area contributed by atoms with Gasteiger partial charge in [0.1, 0.15) is 0 Å². The Morgan fingerprint density at radius 3 is 2.30 bits per heavy atom. The maximum atomic E-state index is 13.3. The maximum Gasteiger partial charge on any atom is 0.241 e. The Hall–Kier alpha value is -5.60. The number of fused-ring (bicyclic) bond motifs is 2. The van der Waals surface area contributed by atoms with Gasteiger partial charge in [-0.05, 0) is 94.9 Å². The number of para-hydroxylation sites is 1. The van der Waals surface area contributed by atoms with Crippen molar-refractivity contribution in [2.45, 2.75) is 71.8 Å². The molecule has 0 spiro atoms. The standard InChI is InChI=1S/C47H61N11O3/c1-31-11-9-12-36(32(31)2)33(3)49-46-40-29-35(15-16-37(40)34(4)51-52-46)57-25-21-55(22-26-57)19-7-6-8-20-56-23-27-58(28-24-56)43(60)30-48-41-14-10-13-38-44(53-54(5)45(38)41)39-17-18-42(59)50-47(39)61/h9-16,29,33,39,48H,6-8,17-28,30H2,1-5H3,(H,49,52)(H,50,59,61). The van der Waals surface area contributed by atoms with Crippen molar-refractivity contribution in [3.05, 3.63) is 82.7 Å². The number of nitrogens with zero attached hydrogens (tertiary/aromatic N) is 8. The lowest BCUT2D eigenvalue weighted by Crippen LogP contribution is -2.50. The number of carbonyl (C=O) groups excluding carboxylic acids is 3. The third-order valence-electron chi connectivity index (χ3n) is 13.2. The molecular formula is C47H61N11O3. The maximum absolute atomic E-state index is 13.3. The van der Waals surface area contributed by atoms with Gasteiger partial charge < -0.3 is 20.4 Å². The van der Waals surface area contributed by atoms with Crippen LogP contribution in [0.2, 0.25) is 0 Å². The van der Waals surface area contributed by atoms with Crippen molar-refractivity contribution in [1.29, 1.82) is 0 Å². The van der Waals surface area contributed by atoms with E-state index in [1.165, 1.54) is 41.6 Å². The fourth-order valence-electron chi connectivity index (χ4n) is 9.41. The number of hydrogen-bond acceptors (Lipinski definition) is 11. The summed E-state index contributed by atoms with van der Waals surface area (Å²) < 4.78 is 1.76. The number of imide groups is 1. The molecule has 0 aliphatic carbocycles. The molecule has 3 aliphatic heterocycles. The number of rotatable bonds is 14. The molecule has 14 heteroatoms. The van der Waals surface area contributed by atoms with Crippen LogP contribution in [0.3, 0.4) is 0 Å². The number of piperidine rings is 1. The molecule has 5 aromatic rings. The smallest absolute Gasteiger partial charge is 0.241 e. The van der Waals surface area contributed by atoms with Crippen molar-refractivity contribution < 1.29 is 14.4 Å². The van der Waals surface area contributed by atoms with Crippen LogP contribution in [-0.2, 0) is 21.4 Å². The van der Waals surface area contributed by atoms with Crippen LogP contribution in [0.25, 0.3) is 21.7 Å². The molecule has 0 bridgehead atoms. The van der Waals surface area contributed by atoms with Crippen LogP contribution in [0.4, 0.5) is 17.2 Å². The molecule has 8 rings (SSSR count). The molecule has 2 unspecified atom stereocenters. The first-order valence-electron chi connectivity index (χ1n) is 22.1. The summed E-state index contributed by atoms with van der Waals surface area (Å²) in [7, 11) is 1.85. The third-order valence-corrected chi connectivity index (χ3v) is 13.2. The quantitative estimate of drug-likeness (QED) is 0.0940. The summed E-state index contributed by atoms with van der Waals surface area (Å²) in [6.45, 7) is 18.4. The number of aryl methyl sites for hydroxylation is 3. The average molecular weight is 828 g/mol. The average Bonchev–Trinajstić information content (AvgIpc) is 3.61. The van der Waals surface area contributed by atoms with Gasteiger partial charge in [0.25, 0.3) is 0 Å². The zero-order chi connectivity index (χ0) is 42.6. The Kier molecular flexibility index (Phi) is 12.8. The summed E-state index contributed by atoms with van der Waals surface area (Å²) in [5, 5.41) is 26.4. The van der Waals surface area contributed by atoms with E-state index in [1.54, 1.807) is 4.68 Å². The number of carbonyl (C=O) groups is 3. The number of unbranched alkanes of at least 4 members (excludes halogenated alkanes) is 2. The molecule has 3 amide bonds. The molecular weight excluding hydrogens is 767 g/mol. The molecule has 5 heterocycles. The SMILES string of the molecule is Cc1cccc(C(C)Nc2nnc(C)c3ccc(N4CCN(CCCCCN5CCN(C(=O)CNc6cccc7c(C8CCC(=O)NC8=O)nn(C)c67)CC5)CC4)cc23)c1C. The summed E-state index contributed by atoms with van der Waals surface area (Å²) in [4.78, 5) is 47.1. The van der Waals surface area contributed by atoms with Crippen molar-refractivity contribution in [3.63, 3.8) is 0 Å². The lowest BCUT2D eigenvalue weighted by Gasteiger charge is -2.36. The van der Waals surface area contributed by atoms with Crippen LogP contribution in [-0.4, -0.2) is 124 Å². The van der Waals surface area contributed by atoms with Gasteiger partial charge in [0.15, 0.2) is 5.82 Å². The minimum atomic E-state index is -0.471. The Balaban J connectivity index is 0.743. The van der Waals surface area contributed by atoms with Gasteiger partial charge in [-0.15, -0.1) is 5.10 Å². The molecule has 0 saturated carbocycles. The first kappa shape index (κ1) is 42.1. The van der Waals surface area contributed by atoms with Gasteiger partial charge in [0.05, 0.1) is 41.1 Å². The number of anilines is 3. The van der Waals surface area contributed by atoms with Gasteiger partial charge in [-0.3, -0.25) is 34.2 Å². The highest BCUT2D eigenvalue weighted by Crippen LogP contribution is 2.34. The van der Waals surface area contributed by atoms with Crippen molar-refractivity contribution >= 4 is 56.6 Å². The highest BCUT2D eigenvalue weighted by atomic mass is 16.2. The minimum Gasteiger partial charge on any atom is -0.374 e. The second kappa shape index (κ2) is 18.6. The zero-order valence-electron chi connectivity index (χ0n) is 36.5. The van der Waals surface area contributed by atoms with E-state index in [0.29, 0.717) is 18.5 Å². The molecule has 2 atom stereocenters. The molecule has 14 nitrogen and oxygen atoms in total. The van der Waals surface area contributed by atoms with Crippen LogP contribution < -0.4 is 20.9 Å². The van der Waals surface area contributed by atoms with Crippen molar-refractivity contribution in [3.8, 4) is 0 Å². The Morgan fingerprint density at radius 2 is 1.56 bits per heavy atom. The molecule has 3 aromatic carbocycles. The molecule has 0 radical (unpaired) electrons. The summed E-state index contributed by atoms with van der Waals surface area (Å²) in [5.41, 5.74) is 8.38. The zero-order valence-corrected chi connectivity index (χ0v) is 36.5. The second-order valence-electron chi connectivity index (χ2n) is 17.2. The van der Waals surface area contributed by atoms with E-state index >= 15 is 0 Å². The first-order chi connectivity index (χ1) is 29.5. The van der Waals surface area contributed by atoms with Crippen LogP contribution >= 0.6 is 0 Å². The molecule has 3 fully saturated rings. The normalized spacial score (nSPS) is 18.5. The molecule has 61 heavy (non-hydrogen) atoms. The van der Waals surface area contributed by atoms with Gasteiger partial charge in [-0.2, -0.15) is 10.2 Å². The molecule has 2 aromatic heterocycles. The van der Waals surface area contributed by atoms with Crippen LogP contribution in [0.5, 0.6) is 0 Å². The minimum absolute atomic E-state index is 0.0784. The van der Waals surface area contributed by atoms with Crippen LogP contribution in [0.1, 0.15) is 79.1 Å². The van der Waals surface area contributed by atoms with Crippen LogP contribution in [0, 0.1) is 20.8 Å². The monoisotopic (exact) mass is 827 g/mol. The van der Waals surface area contributed by atoms with Gasteiger partial charge in [-0.1, -0.05) is 42.8 Å². The number of hydrogen-bond donors (Lipinski definition) is 3.